The first-order valence-electron chi connectivity index (χ1n) is 7.35. The lowest BCUT2D eigenvalue weighted by Gasteiger charge is -2.37. The van der Waals surface area contributed by atoms with Crippen LogP contribution in [-0.2, 0) is 19.4 Å². The predicted octanol–water partition coefficient (Wildman–Crippen LogP) is -0.381. The summed E-state index contributed by atoms with van der Waals surface area (Å²) in [6, 6.07) is -1.07. The number of carboxylic acids is 1. The lowest BCUT2D eigenvalue weighted by atomic mass is 10.1. The highest BCUT2D eigenvalue weighted by atomic mass is 32.2. The summed E-state index contributed by atoms with van der Waals surface area (Å²) in [6.07, 6.45) is 3.46. The second-order valence-electron chi connectivity index (χ2n) is 5.75. The average molecular weight is 318 g/mol. The van der Waals surface area contributed by atoms with Crippen molar-refractivity contribution in [3.05, 3.63) is 0 Å². The van der Waals surface area contributed by atoms with Crippen LogP contribution in [0.1, 0.15) is 32.1 Å². The zero-order valence-electron chi connectivity index (χ0n) is 12.0. The van der Waals surface area contributed by atoms with E-state index in [1.54, 1.807) is 0 Å². The molecular weight excluding hydrogens is 296 g/mol. The highest BCUT2D eigenvalue weighted by Crippen LogP contribution is 2.19. The molecule has 0 saturated carbocycles. The average Bonchev–Trinajstić information content (AvgIpc) is 2.65. The number of sulfone groups is 1. The Morgan fingerprint density at radius 2 is 2.00 bits per heavy atom. The normalized spacial score (nSPS) is 29.6. The van der Waals surface area contributed by atoms with E-state index in [0.29, 0.717) is 0 Å². The Kier molecular flexibility index (Phi) is 5.21. The molecule has 0 aromatic carbocycles. The Bertz CT molecular complexity index is 497. The van der Waals surface area contributed by atoms with E-state index in [9.17, 15) is 18.0 Å². The Morgan fingerprint density at radius 3 is 2.71 bits per heavy atom. The molecule has 0 aromatic heterocycles. The van der Waals surface area contributed by atoms with Gasteiger partial charge in [0.05, 0.1) is 30.0 Å². The molecule has 2 aliphatic heterocycles. The minimum atomic E-state index is -3.26. The van der Waals surface area contributed by atoms with Crippen LogP contribution < -0.4 is 5.32 Å². The molecule has 0 aliphatic carbocycles. The van der Waals surface area contributed by atoms with E-state index in [0.717, 1.165) is 32.2 Å². The third-order valence-corrected chi connectivity index (χ3v) is 5.78. The van der Waals surface area contributed by atoms with Crippen molar-refractivity contribution in [2.75, 3.05) is 24.6 Å². The molecule has 8 heteroatoms. The first kappa shape index (κ1) is 16.2. The molecule has 2 rings (SSSR count). The first-order chi connectivity index (χ1) is 9.89. The maximum Gasteiger partial charge on any atom is 0.305 e. The van der Waals surface area contributed by atoms with Gasteiger partial charge in [-0.15, -0.1) is 0 Å². The summed E-state index contributed by atoms with van der Waals surface area (Å²) in [4.78, 5) is 25.0. The number of hydrogen-bond donors (Lipinski definition) is 2. The van der Waals surface area contributed by atoms with Gasteiger partial charge in [-0.25, -0.2) is 8.42 Å². The topological polar surface area (TPSA) is 104 Å². The summed E-state index contributed by atoms with van der Waals surface area (Å²) in [6.45, 7) is 0.865. The second kappa shape index (κ2) is 6.74. The van der Waals surface area contributed by atoms with Gasteiger partial charge in [-0.1, -0.05) is 12.8 Å². The van der Waals surface area contributed by atoms with Crippen molar-refractivity contribution >= 4 is 21.7 Å². The quantitative estimate of drug-likeness (QED) is 0.735. The van der Waals surface area contributed by atoms with Gasteiger partial charge in [-0.2, -0.15) is 0 Å². The minimum absolute atomic E-state index is 0.0818. The zero-order chi connectivity index (χ0) is 15.5. The highest BCUT2D eigenvalue weighted by molar-refractivity contribution is 7.91. The van der Waals surface area contributed by atoms with Crippen LogP contribution in [-0.4, -0.2) is 67.0 Å². The van der Waals surface area contributed by atoms with E-state index < -0.39 is 21.8 Å². The van der Waals surface area contributed by atoms with Crippen LogP contribution in [0.5, 0.6) is 0 Å². The van der Waals surface area contributed by atoms with Gasteiger partial charge in [0.15, 0.2) is 9.84 Å². The molecule has 0 radical (unpaired) electrons. The lowest BCUT2D eigenvalue weighted by molar-refractivity contribution is -0.141. The Morgan fingerprint density at radius 1 is 1.24 bits per heavy atom. The van der Waals surface area contributed by atoms with Gasteiger partial charge >= 0.3 is 5.97 Å². The van der Waals surface area contributed by atoms with Gasteiger partial charge in [0.25, 0.3) is 0 Å². The van der Waals surface area contributed by atoms with Crippen LogP contribution in [0.15, 0.2) is 0 Å². The number of nitrogens with one attached hydrogen (secondary N) is 1. The van der Waals surface area contributed by atoms with Crippen LogP contribution in [0.2, 0.25) is 0 Å². The monoisotopic (exact) mass is 318 g/mol. The van der Waals surface area contributed by atoms with Crippen molar-refractivity contribution < 1.29 is 23.1 Å². The highest BCUT2D eigenvalue weighted by Gasteiger charge is 2.37. The third-order valence-electron chi connectivity index (χ3n) is 4.08. The molecule has 0 aromatic rings. The standard InChI is InChI=1S/C13H22N2O5S/c16-12(17)8-10-9-21(19,20)7-6-15(10)13(18)11-4-2-1-3-5-14-11/h10-11,14H,1-9H2,(H,16,17). The molecular formula is C13H22N2O5S. The number of carbonyl (C=O) groups excluding carboxylic acids is 1. The Balaban J connectivity index is 2.10. The van der Waals surface area contributed by atoms with Crippen LogP contribution >= 0.6 is 0 Å². The fraction of sp³-hybridized carbons (Fsp3) is 0.846. The number of amides is 1. The smallest absolute Gasteiger partial charge is 0.305 e. The van der Waals surface area contributed by atoms with E-state index >= 15 is 0 Å². The van der Waals surface area contributed by atoms with Gasteiger partial charge in [0.2, 0.25) is 5.91 Å². The molecule has 0 spiro atoms. The number of carbonyl (C=O) groups is 2. The predicted molar refractivity (Wildman–Crippen MR) is 76.7 cm³/mol. The van der Waals surface area contributed by atoms with E-state index in [1.165, 1.54) is 4.90 Å². The number of nitrogens with zero attached hydrogens (tertiary/aromatic N) is 1. The molecule has 2 unspecified atom stereocenters. The molecule has 1 amide bonds. The molecule has 120 valence electrons. The van der Waals surface area contributed by atoms with E-state index in [1.807, 2.05) is 0 Å². The van der Waals surface area contributed by atoms with Crippen molar-refractivity contribution in [2.24, 2.45) is 0 Å². The zero-order valence-corrected chi connectivity index (χ0v) is 12.8. The van der Waals surface area contributed by atoms with Gasteiger partial charge in [0.1, 0.15) is 0 Å². The molecule has 21 heavy (non-hydrogen) atoms. The van der Waals surface area contributed by atoms with Crippen molar-refractivity contribution in [2.45, 2.75) is 44.2 Å². The number of carboxylic acid groups (broad SMARTS) is 1. The molecule has 2 heterocycles. The third kappa shape index (κ3) is 4.41. The number of rotatable bonds is 3. The summed E-state index contributed by atoms with van der Waals surface area (Å²) >= 11 is 0. The Hall–Kier alpha value is -1.15. The van der Waals surface area contributed by atoms with Crippen LogP contribution in [0.4, 0.5) is 0 Å². The minimum Gasteiger partial charge on any atom is -0.481 e. The maximum absolute atomic E-state index is 12.6. The van der Waals surface area contributed by atoms with Gasteiger partial charge in [0, 0.05) is 6.54 Å². The molecule has 2 N–H and O–H groups in total. The largest absolute Gasteiger partial charge is 0.481 e. The van der Waals surface area contributed by atoms with Crippen molar-refractivity contribution in [1.29, 1.82) is 0 Å². The van der Waals surface area contributed by atoms with Crippen molar-refractivity contribution in [3.8, 4) is 0 Å². The molecule has 7 nitrogen and oxygen atoms in total. The molecule has 0 bridgehead atoms. The van der Waals surface area contributed by atoms with Gasteiger partial charge in [-0.3, -0.25) is 9.59 Å². The van der Waals surface area contributed by atoms with Crippen molar-refractivity contribution in [3.63, 3.8) is 0 Å². The SMILES string of the molecule is O=C(O)CC1CS(=O)(=O)CCN1C(=O)C1CCCCCN1. The summed E-state index contributed by atoms with van der Waals surface area (Å²) < 4.78 is 23.4. The molecule has 2 fully saturated rings. The number of hydrogen-bond acceptors (Lipinski definition) is 5. The Labute approximate surface area is 124 Å². The fourth-order valence-corrected chi connectivity index (χ4v) is 4.51. The van der Waals surface area contributed by atoms with Crippen LogP contribution in [0.25, 0.3) is 0 Å². The fourth-order valence-electron chi connectivity index (χ4n) is 2.99. The molecule has 2 aliphatic rings. The summed E-state index contributed by atoms with van der Waals surface area (Å²) in [7, 11) is -3.26. The molecule has 2 atom stereocenters. The summed E-state index contributed by atoms with van der Waals surface area (Å²) in [5.74, 6) is -1.57. The van der Waals surface area contributed by atoms with Gasteiger partial charge in [-0.05, 0) is 19.4 Å². The van der Waals surface area contributed by atoms with E-state index in [-0.39, 0.29) is 36.4 Å². The van der Waals surface area contributed by atoms with E-state index in [2.05, 4.69) is 5.32 Å². The maximum atomic E-state index is 12.6. The van der Waals surface area contributed by atoms with Crippen LogP contribution in [0, 0.1) is 0 Å². The van der Waals surface area contributed by atoms with Gasteiger partial charge < -0.3 is 15.3 Å². The lowest BCUT2D eigenvalue weighted by Crippen LogP contribution is -2.56. The molecule has 2 saturated heterocycles. The van der Waals surface area contributed by atoms with Crippen LogP contribution in [0.3, 0.4) is 0 Å². The number of aliphatic carboxylic acids is 1. The second-order valence-corrected chi connectivity index (χ2v) is 7.98. The summed E-state index contributed by atoms with van der Waals surface area (Å²) in [5.41, 5.74) is 0. The van der Waals surface area contributed by atoms with Crippen molar-refractivity contribution in [1.82, 2.24) is 10.2 Å². The van der Waals surface area contributed by atoms with E-state index in [4.69, 9.17) is 5.11 Å². The summed E-state index contributed by atoms with van der Waals surface area (Å²) in [5, 5.41) is 12.1. The first-order valence-corrected chi connectivity index (χ1v) is 9.17.